The first kappa shape index (κ1) is 29.8. The molecule has 1 aromatic heterocycles. The molecule has 1 fully saturated rings. The Labute approximate surface area is 231 Å². The predicted octanol–water partition coefficient (Wildman–Crippen LogP) is 7.45. The number of aromatic nitrogens is 1. The van der Waals surface area contributed by atoms with Gasteiger partial charge in [-0.3, -0.25) is 9.80 Å². The monoisotopic (exact) mass is 593 g/mol. The molecule has 1 aliphatic carbocycles. The van der Waals surface area contributed by atoms with Crippen LogP contribution in [0.3, 0.4) is 0 Å². The predicted molar refractivity (Wildman–Crippen MR) is 132 cm³/mol. The van der Waals surface area contributed by atoms with Crippen molar-refractivity contribution in [2.75, 3.05) is 12.0 Å². The fourth-order valence-electron chi connectivity index (χ4n) is 5.17. The highest BCUT2D eigenvalue weighted by Gasteiger charge is 2.59. The smallest absolute Gasteiger partial charge is 0.416 e. The number of fused-ring (bicyclic) bond motifs is 1. The van der Waals surface area contributed by atoms with Crippen LogP contribution in [0.25, 0.3) is 0 Å². The van der Waals surface area contributed by atoms with E-state index in [1.54, 1.807) is 13.8 Å². The van der Waals surface area contributed by atoms with Gasteiger partial charge in [0, 0.05) is 5.92 Å². The molecule has 0 N–H and O–H groups in total. The molecule has 2 heterocycles. The van der Waals surface area contributed by atoms with E-state index in [0.29, 0.717) is 18.9 Å². The van der Waals surface area contributed by atoms with Gasteiger partial charge in [-0.05, 0) is 75.4 Å². The van der Waals surface area contributed by atoms with Crippen molar-refractivity contribution in [2.45, 2.75) is 70.2 Å². The number of methoxy groups -OCH3 is 1. The average Bonchev–Trinajstić information content (AvgIpc) is 3.70. The van der Waals surface area contributed by atoms with Crippen molar-refractivity contribution >= 4 is 29.5 Å². The number of ether oxygens (including phenoxy) is 2. The Kier molecular flexibility index (Phi) is 7.91. The van der Waals surface area contributed by atoms with E-state index < -0.39 is 59.1 Å². The number of nitrogens with zero attached hydrogens (tertiary/aromatic N) is 3. The molecule has 0 saturated heterocycles. The number of carbonyl (C=O) groups excluding carboxylic acids is 2. The Balaban J connectivity index is 1.89. The van der Waals surface area contributed by atoms with Crippen molar-refractivity contribution in [3.05, 3.63) is 57.9 Å². The molecular formula is C26H26ClF6N3O4. The number of hydrogen-bond acceptors (Lipinski definition) is 5. The lowest BCUT2D eigenvalue weighted by molar-refractivity contribution is -0.138. The van der Waals surface area contributed by atoms with Crippen LogP contribution in [-0.2, 0) is 34.8 Å². The fraction of sp³-hybridized carbons (Fsp3) is 0.500. The van der Waals surface area contributed by atoms with Gasteiger partial charge in [0.2, 0.25) is 0 Å². The molecule has 40 heavy (non-hydrogen) atoms. The van der Waals surface area contributed by atoms with Gasteiger partial charge in [0.15, 0.2) is 0 Å². The number of rotatable bonds is 5. The van der Waals surface area contributed by atoms with E-state index in [9.17, 15) is 35.9 Å². The Morgan fingerprint density at radius 2 is 1.75 bits per heavy atom. The summed E-state index contributed by atoms with van der Waals surface area (Å²) in [5.41, 5.74) is -3.44. The molecule has 1 atom stereocenters. The van der Waals surface area contributed by atoms with E-state index >= 15 is 0 Å². The molecule has 1 aliphatic heterocycles. The van der Waals surface area contributed by atoms with Gasteiger partial charge in [0.05, 0.1) is 42.3 Å². The molecule has 1 aromatic carbocycles. The van der Waals surface area contributed by atoms with Crippen LogP contribution in [0.4, 0.5) is 41.6 Å². The molecule has 2 amide bonds. The standard InChI is InChI=1S/C26H26ClF6N3O4/c1-14(2)40-23(38)36-20-7-6-17(25(28,29)30)10-15(20)8-9-24(36,16-4-5-16)35(22(37)39-3)13-19-11-18(26(31,32)33)12-21(27)34-19/h6-7,10-12,14,16H,4-5,8-9,13H2,1-3H3. The summed E-state index contributed by atoms with van der Waals surface area (Å²) in [6.45, 7) is 2.64. The SMILES string of the molecule is COC(=O)N(Cc1cc(C(F)(F)F)cc(Cl)n1)C1(C2CC2)CCc2cc(C(F)(F)F)ccc2N1C(=O)OC(C)C. The third-order valence-electron chi connectivity index (χ3n) is 6.90. The highest BCUT2D eigenvalue weighted by molar-refractivity contribution is 6.29. The zero-order chi connectivity index (χ0) is 29.6. The van der Waals surface area contributed by atoms with Crippen LogP contribution >= 0.6 is 11.6 Å². The first-order chi connectivity index (χ1) is 18.6. The molecule has 1 saturated carbocycles. The maximum absolute atomic E-state index is 13.6. The number of amides is 2. The van der Waals surface area contributed by atoms with Crippen molar-refractivity contribution in [3.63, 3.8) is 0 Å². The number of alkyl halides is 6. The van der Waals surface area contributed by atoms with Crippen LogP contribution in [0.5, 0.6) is 0 Å². The number of carbonyl (C=O) groups is 2. The van der Waals surface area contributed by atoms with Crippen LogP contribution in [-0.4, -0.2) is 40.9 Å². The van der Waals surface area contributed by atoms with E-state index in [4.69, 9.17) is 21.1 Å². The minimum atomic E-state index is -4.75. The van der Waals surface area contributed by atoms with Gasteiger partial charge in [-0.2, -0.15) is 26.3 Å². The van der Waals surface area contributed by atoms with Crippen molar-refractivity contribution in [1.82, 2.24) is 9.88 Å². The van der Waals surface area contributed by atoms with Crippen LogP contribution in [0.1, 0.15) is 55.5 Å². The second-order valence-electron chi connectivity index (χ2n) is 9.99. The number of anilines is 1. The summed E-state index contributed by atoms with van der Waals surface area (Å²) in [7, 11) is 1.08. The molecule has 7 nitrogen and oxygen atoms in total. The maximum Gasteiger partial charge on any atom is 0.416 e. The third kappa shape index (κ3) is 5.79. The van der Waals surface area contributed by atoms with E-state index in [1.807, 2.05) is 0 Å². The van der Waals surface area contributed by atoms with Gasteiger partial charge in [-0.1, -0.05) is 11.6 Å². The van der Waals surface area contributed by atoms with Crippen LogP contribution in [0.15, 0.2) is 30.3 Å². The van der Waals surface area contributed by atoms with Crippen LogP contribution in [0, 0.1) is 5.92 Å². The molecule has 0 spiro atoms. The minimum Gasteiger partial charge on any atom is -0.453 e. The summed E-state index contributed by atoms with van der Waals surface area (Å²) in [6, 6.07) is 4.30. The zero-order valence-electron chi connectivity index (χ0n) is 21.7. The second kappa shape index (κ2) is 10.6. The molecule has 0 bridgehead atoms. The van der Waals surface area contributed by atoms with E-state index in [0.717, 1.165) is 41.2 Å². The van der Waals surface area contributed by atoms with Crippen LogP contribution in [0.2, 0.25) is 5.15 Å². The Morgan fingerprint density at radius 1 is 1.10 bits per heavy atom. The van der Waals surface area contributed by atoms with E-state index in [1.165, 1.54) is 0 Å². The van der Waals surface area contributed by atoms with Gasteiger partial charge in [-0.15, -0.1) is 0 Å². The number of aryl methyl sites for hydroxylation is 1. The molecular weight excluding hydrogens is 568 g/mol. The number of hydrogen-bond donors (Lipinski definition) is 0. The quantitative estimate of drug-likeness (QED) is 0.266. The first-order valence-electron chi connectivity index (χ1n) is 12.4. The summed E-state index contributed by atoms with van der Waals surface area (Å²) in [5, 5.41) is -0.458. The lowest BCUT2D eigenvalue weighted by Crippen LogP contribution is -2.67. The summed E-state index contributed by atoms with van der Waals surface area (Å²) in [5.74, 6) is -0.372. The topological polar surface area (TPSA) is 72.0 Å². The summed E-state index contributed by atoms with van der Waals surface area (Å²) in [6.07, 6.45) is -10.8. The lowest BCUT2D eigenvalue weighted by Gasteiger charge is -2.52. The van der Waals surface area contributed by atoms with Gasteiger partial charge < -0.3 is 9.47 Å². The van der Waals surface area contributed by atoms with Gasteiger partial charge in [0.25, 0.3) is 0 Å². The van der Waals surface area contributed by atoms with Crippen molar-refractivity contribution in [1.29, 1.82) is 0 Å². The average molecular weight is 594 g/mol. The highest BCUT2D eigenvalue weighted by Crippen LogP contribution is 2.53. The molecule has 1 unspecified atom stereocenters. The van der Waals surface area contributed by atoms with Gasteiger partial charge in [-0.25, -0.2) is 14.6 Å². The molecule has 0 radical (unpaired) electrons. The van der Waals surface area contributed by atoms with Gasteiger partial charge in [0.1, 0.15) is 10.8 Å². The normalized spacial score (nSPS) is 19.3. The van der Waals surface area contributed by atoms with E-state index in [2.05, 4.69) is 4.98 Å². The minimum absolute atomic E-state index is 0.0268. The largest absolute Gasteiger partial charge is 0.453 e. The van der Waals surface area contributed by atoms with E-state index in [-0.39, 0.29) is 35.7 Å². The van der Waals surface area contributed by atoms with Crippen molar-refractivity contribution in [2.24, 2.45) is 5.92 Å². The summed E-state index contributed by atoms with van der Waals surface area (Å²) in [4.78, 5) is 33.1. The Hall–Kier alpha value is -3.22. The zero-order valence-corrected chi connectivity index (χ0v) is 22.5. The third-order valence-corrected chi connectivity index (χ3v) is 7.10. The fourth-order valence-corrected chi connectivity index (χ4v) is 5.39. The highest BCUT2D eigenvalue weighted by atomic mass is 35.5. The first-order valence-corrected chi connectivity index (χ1v) is 12.8. The lowest BCUT2D eigenvalue weighted by atomic mass is 9.85. The summed E-state index contributed by atoms with van der Waals surface area (Å²) < 4.78 is 91.4. The Bertz CT molecular complexity index is 1300. The van der Waals surface area contributed by atoms with Crippen molar-refractivity contribution < 1.29 is 45.4 Å². The number of pyridine rings is 1. The van der Waals surface area contributed by atoms with Crippen LogP contribution < -0.4 is 4.90 Å². The van der Waals surface area contributed by atoms with Gasteiger partial charge >= 0.3 is 24.5 Å². The molecule has 218 valence electrons. The number of halogens is 7. The molecule has 2 aliphatic rings. The maximum atomic E-state index is 13.6. The number of benzene rings is 1. The molecule has 2 aromatic rings. The van der Waals surface area contributed by atoms with Crippen molar-refractivity contribution in [3.8, 4) is 0 Å². The molecule has 4 rings (SSSR count). The second-order valence-corrected chi connectivity index (χ2v) is 10.4. The Morgan fingerprint density at radius 3 is 2.30 bits per heavy atom. The molecule has 14 heteroatoms. The summed E-state index contributed by atoms with van der Waals surface area (Å²) >= 11 is 5.88.